The summed E-state index contributed by atoms with van der Waals surface area (Å²) in [7, 11) is 0. The Kier molecular flexibility index (Phi) is 5.19. The normalized spacial score (nSPS) is 11.9. The smallest absolute Gasteiger partial charge is 0.269 e. The fourth-order valence-corrected chi connectivity index (χ4v) is 2.27. The minimum Gasteiger partial charge on any atom is -0.387 e. The largest absolute Gasteiger partial charge is 0.387 e. The summed E-state index contributed by atoms with van der Waals surface area (Å²) in [5.74, 6) is 0. The lowest BCUT2D eigenvalue weighted by Crippen LogP contribution is -2.12. The summed E-state index contributed by atoms with van der Waals surface area (Å²) < 4.78 is 0. The molecule has 0 spiro atoms. The second-order valence-corrected chi connectivity index (χ2v) is 5.35. The number of hydrogen-bond donors (Lipinski definition) is 2. The van der Waals surface area contributed by atoms with Crippen molar-refractivity contribution < 1.29 is 10.0 Å². The van der Waals surface area contributed by atoms with Gasteiger partial charge >= 0.3 is 0 Å². The zero-order valence-electron chi connectivity index (χ0n) is 11.5. The molecule has 2 N–H and O–H groups in total. The highest BCUT2D eigenvalue weighted by Gasteiger charge is 2.10. The van der Waals surface area contributed by atoms with Crippen LogP contribution in [0.2, 0.25) is 0 Å². The molecule has 2 rings (SSSR count). The molecule has 2 aromatic rings. The number of rotatable bonds is 6. The molecule has 110 valence electrons. The molecule has 0 aromatic heterocycles. The average Bonchev–Trinajstić information content (AvgIpc) is 2.53. The molecule has 21 heavy (non-hydrogen) atoms. The molecule has 1 unspecified atom stereocenters. The number of hydrogen-bond acceptors (Lipinski definition) is 5. The Morgan fingerprint density at radius 1 is 1.19 bits per heavy atom. The van der Waals surface area contributed by atoms with Crippen LogP contribution in [0.5, 0.6) is 0 Å². The molecule has 0 saturated carbocycles. The van der Waals surface area contributed by atoms with Crippen molar-refractivity contribution in [2.24, 2.45) is 0 Å². The van der Waals surface area contributed by atoms with Crippen molar-refractivity contribution >= 4 is 23.1 Å². The molecule has 0 heterocycles. The average molecular weight is 304 g/mol. The van der Waals surface area contributed by atoms with Gasteiger partial charge in [-0.25, -0.2) is 0 Å². The lowest BCUT2D eigenvalue weighted by molar-refractivity contribution is -0.384. The number of nitrogens with one attached hydrogen (secondary N) is 1. The van der Waals surface area contributed by atoms with E-state index in [4.69, 9.17) is 0 Å². The zero-order chi connectivity index (χ0) is 15.2. The van der Waals surface area contributed by atoms with Crippen LogP contribution < -0.4 is 5.32 Å². The van der Waals surface area contributed by atoms with Gasteiger partial charge in [0.15, 0.2) is 0 Å². The molecule has 0 aliphatic carbocycles. The van der Waals surface area contributed by atoms with Gasteiger partial charge in [0.25, 0.3) is 5.69 Å². The first kappa shape index (κ1) is 15.3. The van der Waals surface area contributed by atoms with Crippen molar-refractivity contribution in [2.75, 3.05) is 18.1 Å². The van der Waals surface area contributed by atoms with Gasteiger partial charge in [-0.1, -0.05) is 0 Å². The number of nitro groups is 1. The van der Waals surface area contributed by atoms with Crippen LogP contribution in [-0.2, 0) is 0 Å². The van der Waals surface area contributed by atoms with Crippen LogP contribution in [-0.4, -0.2) is 22.8 Å². The SMILES string of the molecule is CSc1ccc(NCC(O)c2ccc([N+](=O)[O-])cc2)cc1. The van der Waals surface area contributed by atoms with Gasteiger partial charge < -0.3 is 10.4 Å². The van der Waals surface area contributed by atoms with Crippen molar-refractivity contribution in [1.29, 1.82) is 0 Å². The number of thioether (sulfide) groups is 1. The number of nitro benzene ring substituents is 1. The molecular formula is C15H16N2O3S. The van der Waals surface area contributed by atoms with E-state index in [0.29, 0.717) is 12.1 Å². The first-order chi connectivity index (χ1) is 10.1. The Balaban J connectivity index is 1.94. The van der Waals surface area contributed by atoms with E-state index in [1.165, 1.54) is 17.0 Å². The van der Waals surface area contributed by atoms with Crippen LogP contribution in [0.25, 0.3) is 0 Å². The number of benzene rings is 2. The molecule has 0 bridgehead atoms. The summed E-state index contributed by atoms with van der Waals surface area (Å²) >= 11 is 1.67. The lowest BCUT2D eigenvalue weighted by Gasteiger charge is -2.13. The fraction of sp³-hybridized carbons (Fsp3) is 0.200. The van der Waals surface area contributed by atoms with Gasteiger partial charge in [0, 0.05) is 29.3 Å². The standard InChI is InChI=1S/C15H16N2O3S/c1-21-14-8-4-12(5-9-14)16-10-15(18)11-2-6-13(7-3-11)17(19)20/h2-9,15-16,18H,10H2,1H3. The van der Waals surface area contributed by atoms with Crippen LogP contribution in [0.15, 0.2) is 53.4 Å². The highest BCUT2D eigenvalue weighted by atomic mass is 32.2. The summed E-state index contributed by atoms with van der Waals surface area (Å²) in [6.07, 6.45) is 1.30. The van der Waals surface area contributed by atoms with Gasteiger partial charge in [0.2, 0.25) is 0 Å². The Bertz CT molecular complexity index is 599. The van der Waals surface area contributed by atoms with Gasteiger partial charge in [-0.15, -0.1) is 11.8 Å². The number of non-ortho nitro benzene ring substituents is 1. The van der Waals surface area contributed by atoms with E-state index in [2.05, 4.69) is 5.32 Å². The molecule has 0 radical (unpaired) electrons. The van der Waals surface area contributed by atoms with E-state index in [0.717, 1.165) is 5.69 Å². The van der Waals surface area contributed by atoms with E-state index in [1.54, 1.807) is 23.9 Å². The van der Waals surface area contributed by atoms with E-state index < -0.39 is 11.0 Å². The third kappa shape index (κ3) is 4.21. The summed E-state index contributed by atoms with van der Waals surface area (Å²) in [5, 5.41) is 23.8. The van der Waals surface area contributed by atoms with Crippen molar-refractivity contribution in [1.82, 2.24) is 0 Å². The van der Waals surface area contributed by atoms with Gasteiger partial charge in [-0.3, -0.25) is 10.1 Å². The van der Waals surface area contributed by atoms with E-state index in [9.17, 15) is 15.2 Å². The Labute approximate surface area is 127 Å². The van der Waals surface area contributed by atoms with Crippen LogP contribution in [0.1, 0.15) is 11.7 Å². The quantitative estimate of drug-likeness (QED) is 0.485. The van der Waals surface area contributed by atoms with Crippen molar-refractivity contribution in [3.05, 3.63) is 64.2 Å². The van der Waals surface area contributed by atoms with Gasteiger partial charge in [0.1, 0.15) is 0 Å². The molecule has 0 aliphatic rings. The van der Waals surface area contributed by atoms with E-state index >= 15 is 0 Å². The molecule has 1 atom stereocenters. The summed E-state index contributed by atoms with van der Waals surface area (Å²) in [4.78, 5) is 11.3. The van der Waals surface area contributed by atoms with Gasteiger partial charge in [-0.2, -0.15) is 0 Å². The lowest BCUT2D eigenvalue weighted by atomic mass is 10.1. The topological polar surface area (TPSA) is 75.4 Å². The number of nitrogens with zero attached hydrogens (tertiary/aromatic N) is 1. The number of aliphatic hydroxyl groups excluding tert-OH is 1. The molecule has 0 aliphatic heterocycles. The van der Waals surface area contributed by atoms with Crippen LogP contribution in [0.4, 0.5) is 11.4 Å². The summed E-state index contributed by atoms with van der Waals surface area (Å²) in [6.45, 7) is 0.344. The molecular weight excluding hydrogens is 288 g/mol. The second-order valence-electron chi connectivity index (χ2n) is 4.47. The van der Waals surface area contributed by atoms with Gasteiger partial charge in [-0.05, 0) is 48.2 Å². The summed E-state index contributed by atoms with van der Waals surface area (Å²) in [6, 6.07) is 13.8. The summed E-state index contributed by atoms with van der Waals surface area (Å²) in [5.41, 5.74) is 1.59. The van der Waals surface area contributed by atoms with Crippen molar-refractivity contribution in [3.8, 4) is 0 Å². The third-order valence-corrected chi connectivity index (χ3v) is 3.82. The van der Waals surface area contributed by atoms with Crippen LogP contribution in [0, 0.1) is 10.1 Å². The number of aliphatic hydroxyl groups is 1. The van der Waals surface area contributed by atoms with Crippen molar-refractivity contribution in [2.45, 2.75) is 11.0 Å². The maximum Gasteiger partial charge on any atom is 0.269 e. The molecule has 0 saturated heterocycles. The van der Waals surface area contributed by atoms with Gasteiger partial charge in [0.05, 0.1) is 11.0 Å². The highest BCUT2D eigenvalue weighted by Crippen LogP contribution is 2.20. The Morgan fingerprint density at radius 2 is 1.81 bits per heavy atom. The minimum absolute atomic E-state index is 0.0200. The predicted molar refractivity (Wildman–Crippen MR) is 84.8 cm³/mol. The maximum absolute atomic E-state index is 10.6. The van der Waals surface area contributed by atoms with E-state index in [1.807, 2.05) is 30.5 Å². The molecule has 5 nitrogen and oxygen atoms in total. The monoisotopic (exact) mass is 304 g/mol. The van der Waals surface area contributed by atoms with Crippen molar-refractivity contribution in [3.63, 3.8) is 0 Å². The molecule has 2 aromatic carbocycles. The Morgan fingerprint density at radius 3 is 2.33 bits per heavy atom. The first-order valence-corrected chi connectivity index (χ1v) is 7.63. The molecule has 0 fully saturated rings. The third-order valence-electron chi connectivity index (χ3n) is 3.08. The van der Waals surface area contributed by atoms with Crippen LogP contribution in [0.3, 0.4) is 0 Å². The second kappa shape index (κ2) is 7.10. The highest BCUT2D eigenvalue weighted by molar-refractivity contribution is 7.98. The molecule has 0 amide bonds. The first-order valence-electron chi connectivity index (χ1n) is 6.40. The van der Waals surface area contributed by atoms with E-state index in [-0.39, 0.29) is 5.69 Å². The predicted octanol–water partition coefficient (Wildman–Crippen LogP) is 3.46. The zero-order valence-corrected chi connectivity index (χ0v) is 12.3. The number of anilines is 1. The minimum atomic E-state index is -0.717. The van der Waals surface area contributed by atoms with Crippen LogP contribution >= 0.6 is 11.8 Å². The molecule has 6 heteroatoms. The fourth-order valence-electron chi connectivity index (χ4n) is 1.86. The maximum atomic E-state index is 10.6. The Hall–Kier alpha value is -2.05.